The summed E-state index contributed by atoms with van der Waals surface area (Å²) >= 11 is 0. The molecule has 0 saturated heterocycles. The molecule has 2 rings (SSSR count). The lowest BCUT2D eigenvalue weighted by atomic mass is 10.1. The zero-order valence-electron chi connectivity index (χ0n) is 10.9. The van der Waals surface area contributed by atoms with Crippen LogP contribution in [0.2, 0.25) is 0 Å². The van der Waals surface area contributed by atoms with Crippen molar-refractivity contribution in [3.63, 3.8) is 0 Å². The van der Waals surface area contributed by atoms with E-state index in [1.165, 1.54) is 12.1 Å². The SMILES string of the molecule is Cc1cc(F)cc(S(=O)(=O)N[C@@H]2CCC[C@H]2CN)c1. The van der Waals surface area contributed by atoms with Crippen LogP contribution in [0.25, 0.3) is 0 Å². The monoisotopic (exact) mass is 286 g/mol. The van der Waals surface area contributed by atoms with E-state index in [1.54, 1.807) is 6.92 Å². The Bertz CT molecular complexity index is 540. The van der Waals surface area contributed by atoms with E-state index in [4.69, 9.17) is 5.73 Å². The van der Waals surface area contributed by atoms with Crippen LogP contribution in [0.5, 0.6) is 0 Å². The van der Waals surface area contributed by atoms with E-state index >= 15 is 0 Å². The quantitative estimate of drug-likeness (QED) is 0.882. The Hall–Kier alpha value is -0.980. The second-order valence-electron chi connectivity index (χ2n) is 5.12. The molecule has 3 N–H and O–H groups in total. The fourth-order valence-electron chi connectivity index (χ4n) is 2.60. The van der Waals surface area contributed by atoms with Gasteiger partial charge in [-0.15, -0.1) is 0 Å². The smallest absolute Gasteiger partial charge is 0.240 e. The van der Waals surface area contributed by atoms with E-state index in [0.29, 0.717) is 12.1 Å². The molecule has 0 heterocycles. The zero-order valence-corrected chi connectivity index (χ0v) is 11.7. The van der Waals surface area contributed by atoms with Crippen LogP contribution in [0, 0.1) is 18.7 Å². The van der Waals surface area contributed by atoms with E-state index in [-0.39, 0.29) is 16.9 Å². The predicted octanol–water partition coefficient (Wildman–Crippen LogP) is 1.54. The summed E-state index contributed by atoms with van der Waals surface area (Å²) in [6.45, 7) is 2.13. The summed E-state index contributed by atoms with van der Waals surface area (Å²) in [5.74, 6) is -0.369. The van der Waals surface area contributed by atoms with Crippen LogP contribution < -0.4 is 10.5 Å². The predicted molar refractivity (Wildman–Crippen MR) is 71.6 cm³/mol. The summed E-state index contributed by atoms with van der Waals surface area (Å²) in [4.78, 5) is -0.0207. The molecule has 2 atom stereocenters. The van der Waals surface area contributed by atoms with Gasteiger partial charge in [0.2, 0.25) is 10.0 Å². The molecule has 0 aliphatic heterocycles. The van der Waals surface area contributed by atoms with Crippen LogP contribution in [0.3, 0.4) is 0 Å². The molecule has 1 aromatic rings. The fraction of sp³-hybridized carbons (Fsp3) is 0.538. The van der Waals surface area contributed by atoms with E-state index < -0.39 is 15.8 Å². The van der Waals surface area contributed by atoms with Crippen LogP contribution in [-0.4, -0.2) is 21.0 Å². The first-order valence-electron chi connectivity index (χ1n) is 6.42. The van der Waals surface area contributed by atoms with Crippen molar-refractivity contribution in [1.82, 2.24) is 4.72 Å². The lowest BCUT2D eigenvalue weighted by Crippen LogP contribution is -2.39. The minimum Gasteiger partial charge on any atom is -0.330 e. The molecule has 1 aliphatic carbocycles. The number of sulfonamides is 1. The van der Waals surface area contributed by atoms with Gasteiger partial charge in [-0.1, -0.05) is 6.42 Å². The molecule has 1 aromatic carbocycles. The molecule has 0 radical (unpaired) electrons. The number of nitrogens with one attached hydrogen (secondary N) is 1. The standard InChI is InChI=1S/C13H19FN2O2S/c1-9-5-11(14)7-12(6-9)19(17,18)16-13-4-2-3-10(13)8-15/h5-7,10,13,16H,2-4,8,15H2,1H3/t10-,13+/m0/s1. The van der Waals surface area contributed by atoms with E-state index in [1.807, 2.05) is 0 Å². The van der Waals surface area contributed by atoms with E-state index in [2.05, 4.69) is 4.72 Å². The highest BCUT2D eigenvalue weighted by Gasteiger charge is 2.30. The molecular formula is C13H19FN2O2S. The molecule has 0 amide bonds. The highest BCUT2D eigenvalue weighted by Crippen LogP contribution is 2.26. The van der Waals surface area contributed by atoms with Gasteiger partial charge in [0.15, 0.2) is 0 Å². The lowest BCUT2D eigenvalue weighted by molar-refractivity contribution is 0.452. The molecule has 19 heavy (non-hydrogen) atoms. The van der Waals surface area contributed by atoms with Gasteiger partial charge in [-0.25, -0.2) is 17.5 Å². The Morgan fingerprint density at radius 1 is 1.37 bits per heavy atom. The average Bonchev–Trinajstić information content (AvgIpc) is 2.74. The number of halogens is 1. The van der Waals surface area contributed by atoms with Gasteiger partial charge in [-0.05, 0) is 56.0 Å². The summed E-state index contributed by atoms with van der Waals surface area (Å²) in [6.07, 6.45) is 2.69. The number of hydrogen-bond donors (Lipinski definition) is 2. The van der Waals surface area contributed by atoms with Gasteiger partial charge in [0.25, 0.3) is 0 Å². The Labute approximate surface area is 113 Å². The summed E-state index contributed by atoms with van der Waals surface area (Å²) in [5, 5.41) is 0. The molecule has 4 nitrogen and oxygen atoms in total. The van der Waals surface area contributed by atoms with Gasteiger partial charge >= 0.3 is 0 Å². The second kappa shape index (κ2) is 5.56. The number of hydrogen-bond acceptors (Lipinski definition) is 3. The molecule has 0 bridgehead atoms. The van der Waals surface area contributed by atoms with Crippen LogP contribution >= 0.6 is 0 Å². The fourth-order valence-corrected chi connectivity index (χ4v) is 4.05. The normalized spacial score (nSPS) is 23.7. The largest absolute Gasteiger partial charge is 0.330 e. The maximum Gasteiger partial charge on any atom is 0.240 e. The van der Waals surface area contributed by atoms with Crippen molar-refractivity contribution in [1.29, 1.82) is 0 Å². The summed E-state index contributed by atoms with van der Waals surface area (Å²) < 4.78 is 40.4. The maximum absolute atomic E-state index is 13.3. The van der Waals surface area contributed by atoms with Gasteiger partial charge in [-0.3, -0.25) is 0 Å². The van der Waals surface area contributed by atoms with Crippen molar-refractivity contribution in [2.75, 3.05) is 6.54 Å². The van der Waals surface area contributed by atoms with Gasteiger partial charge in [-0.2, -0.15) is 0 Å². The van der Waals surface area contributed by atoms with Gasteiger partial charge in [0, 0.05) is 6.04 Å². The first kappa shape index (κ1) is 14.4. The molecule has 0 spiro atoms. The van der Waals surface area contributed by atoms with Gasteiger partial charge in [0.1, 0.15) is 5.82 Å². The minimum atomic E-state index is -3.68. The molecule has 1 aliphatic rings. The summed E-state index contributed by atoms with van der Waals surface area (Å²) in [7, 11) is -3.68. The number of rotatable bonds is 4. The van der Waals surface area contributed by atoms with Gasteiger partial charge in [0.05, 0.1) is 4.90 Å². The Balaban J connectivity index is 2.22. The Morgan fingerprint density at radius 3 is 2.74 bits per heavy atom. The summed E-state index contributed by atoms with van der Waals surface area (Å²) in [5.41, 5.74) is 6.22. The topological polar surface area (TPSA) is 72.2 Å². The van der Waals surface area contributed by atoms with Crippen molar-refractivity contribution in [3.05, 3.63) is 29.6 Å². The Kier molecular flexibility index (Phi) is 4.23. The van der Waals surface area contributed by atoms with Crippen LogP contribution in [0.4, 0.5) is 4.39 Å². The summed E-state index contributed by atoms with van der Waals surface area (Å²) in [6, 6.07) is 3.68. The molecule has 106 valence electrons. The first-order valence-corrected chi connectivity index (χ1v) is 7.90. The Morgan fingerprint density at radius 2 is 2.11 bits per heavy atom. The lowest BCUT2D eigenvalue weighted by Gasteiger charge is -2.19. The number of aryl methyl sites for hydroxylation is 1. The van der Waals surface area contributed by atoms with Crippen molar-refractivity contribution >= 4 is 10.0 Å². The van der Waals surface area contributed by atoms with Crippen LogP contribution in [0.1, 0.15) is 24.8 Å². The molecule has 1 saturated carbocycles. The third kappa shape index (κ3) is 3.32. The molecule has 1 fully saturated rings. The highest BCUT2D eigenvalue weighted by atomic mass is 32.2. The van der Waals surface area contributed by atoms with E-state index in [9.17, 15) is 12.8 Å². The van der Waals surface area contributed by atoms with Crippen LogP contribution in [0.15, 0.2) is 23.1 Å². The second-order valence-corrected chi connectivity index (χ2v) is 6.83. The van der Waals surface area contributed by atoms with Crippen molar-refractivity contribution in [2.24, 2.45) is 11.7 Å². The number of benzene rings is 1. The van der Waals surface area contributed by atoms with Gasteiger partial charge < -0.3 is 5.73 Å². The third-order valence-electron chi connectivity index (χ3n) is 3.59. The van der Waals surface area contributed by atoms with Crippen molar-refractivity contribution < 1.29 is 12.8 Å². The van der Waals surface area contributed by atoms with Crippen molar-refractivity contribution in [2.45, 2.75) is 37.1 Å². The average molecular weight is 286 g/mol. The molecule has 0 unspecified atom stereocenters. The molecule has 6 heteroatoms. The van der Waals surface area contributed by atoms with Crippen LogP contribution in [-0.2, 0) is 10.0 Å². The first-order chi connectivity index (χ1) is 8.92. The third-order valence-corrected chi connectivity index (χ3v) is 5.06. The highest BCUT2D eigenvalue weighted by molar-refractivity contribution is 7.89. The molecule has 0 aromatic heterocycles. The minimum absolute atomic E-state index is 0.0207. The number of nitrogens with two attached hydrogens (primary N) is 1. The molecular weight excluding hydrogens is 267 g/mol. The van der Waals surface area contributed by atoms with Crippen molar-refractivity contribution in [3.8, 4) is 0 Å². The maximum atomic E-state index is 13.3. The van der Waals surface area contributed by atoms with E-state index in [0.717, 1.165) is 25.3 Å². The zero-order chi connectivity index (χ0) is 14.0.